The predicted molar refractivity (Wildman–Crippen MR) is 110 cm³/mol. The second kappa shape index (κ2) is 8.07. The molecule has 29 heavy (non-hydrogen) atoms. The van der Waals surface area contributed by atoms with Crippen LogP contribution in [-0.4, -0.2) is 46.9 Å². The third-order valence-electron chi connectivity index (χ3n) is 4.76. The number of rotatable bonds is 5. The van der Waals surface area contributed by atoms with Crippen molar-refractivity contribution in [1.29, 1.82) is 0 Å². The highest BCUT2D eigenvalue weighted by atomic mass is 16.6. The molecule has 3 rings (SSSR count). The van der Waals surface area contributed by atoms with E-state index in [-0.39, 0.29) is 11.8 Å². The fourth-order valence-corrected chi connectivity index (χ4v) is 3.36. The predicted octanol–water partition coefficient (Wildman–Crippen LogP) is 4.28. The first-order chi connectivity index (χ1) is 13.7. The van der Waals surface area contributed by atoms with Gasteiger partial charge in [0.1, 0.15) is 5.60 Å². The highest BCUT2D eigenvalue weighted by Gasteiger charge is 2.40. The molecule has 0 N–H and O–H groups in total. The summed E-state index contributed by atoms with van der Waals surface area (Å²) in [4.78, 5) is 41.0. The molecule has 0 saturated carbocycles. The average Bonchev–Trinajstić information content (AvgIpc) is 2.93. The van der Waals surface area contributed by atoms with E-state index in [1.807, 2.05) is 51.1 Å². The number of carbonyl (C=O) groups is 3. The second-order valence-electron chi connectivity index (χ2n) is 8.14. The van der Waals surface area contributed by atoms with E-state index in [0.29, 0.717) is 24.1 Å². The van der Waals surface area contributed by atoms with Crippen LogP contribution in [0.4, 0.5) is 4.79 Å². The first-order valence-electron chi connectivity index (χ1n) is 9.65. The molecule has 0 aliphatic carbocycles. The topological polar surface area (TPSA) is 66.9 Å². The third kappa shape index (κ3) is 4.47. The summed E-state index contributed by atoms with van der Waals surface area (Å²) in [5, 5.41) is 0. The van der Waals surface area contributed by atoms with Crippen molar-refractivity contribution in [3.63, 3.8) is 0 Å². The van der Waals surface area contributed by atoms with Crippen molar-refractivity contribution >= 4 is 17.9 Å². The summed E-state index contributed by atoms with van der Waals surface area (Å²) in [7, 11) is 1.65. The molecule has 1 aliphatic heterocycles. The lowest BCUT2D eigenvalue weighted by molar-refractivity contribution is 0.0284. The normalized spacial score (nSPS) is 14.6. The van der Waals surface area contributed by atoms with Gasteiger partial charge in [-0.15, -0.1) is 0 Å². The Labute approximate surface area is 171 Å². The van der Waals surface area contributed by atoms with Gasteiger partial charge in [-0.05, 0) is 44.9 Å². The zero-order valence-electron chi connectivity index (χ0n) is 17.2. The number of nitrogens with zero attached hydrogens (tertiary/aromatic N) is 2. The summed E-state index contributed by atoms with van der Waals surface area (Å²) < 4.78 is 5.40. The maximum atomic E-state index is 13.0. The minimum atomic E-state index is -0.591. The molecule has 1 heterocycles. The Morgan fingerprint density at radius 3 is 2.00 bits per heavy atom. The molecule has 0 aromatic heterocycles. The smallest absolute Gasteiger partial charge is 0.410 e. The minimum Gasteiger partial charge on any atom is -0.444 e. The highest BCUT2D eigenvalue weighted by molar-refractivity contribution is 6.21. The van der Waals surface area contributed by atoms with E-state index in [1.54, 1.807) is 31.3 Å². The van der Waals surface area contributed by atoms with Crippen LogP contribution in [0.5, 0.6) is 0 Å². The maximum Gasteiger partial charge on any atom is 0.410 e. The van der Waals surface area contributed by atoms with Gasteiger partial charge in [-0.1, -0.05) is 42.5 Å². The van der Waals surface area contributed by atoms with Gasteiger partial charge in [0.05, 0.1) is 17.2 Å². The van der Waals surface area contributed by atoms with Crippen molar-refractivity contribution in [2.75, 3.05) is 13.6 Å². The molecule has 6 heteroatoms. The molecular formula is C23H26N2O4. The molecule has 0 bridgehead atoms. The molecule has 0 radical (unpaired) electrons. The van der Waals surface area contributed by atoms with Gasteiger partial charge in [-0.25, -0.2) is 4.79 Å². The van der Waals surface area contributed by atoms with Crippen molar-refractivity contribution in [2.24, 2.45) is 0 Å². The first-order valence-corrected chi connectivity index (χ1v) is 9.65. The zero-order valence-corrected chi connectivity index (χ0v) is 17.2. The van der Waals surface area contributed by atoms with Crippen LogP contribution in [0.15, 0.2) is 54.6 Å². The third-order valence-corrected chi connectivity index (χ3v) is 4.76. The summed E-state index contributed by atoms with van der Waals surface area (Å²) in [6, 6.07) is 15.8. The lowest BCUT2D eigenvalue weighted by atomic mass is 10.0. The van der Waals surface area contributed by atoms with E-state index in [9.17, 15) is 14.4 Å². The number of amides is 3. The Morgan fingerprint density at radius 2 is 1.48 bits per heavy atom. The van der Waals surface area contributed by atoms with Crippen LogP contribution < -0.4 is 0 Å². The lowest BCUT2D eigenvalue weighted by Gasteiger charge is -2.29. The molecule has 0 spiro atoms. The Hall–Kier alpha value is -3.15. The number of hydrogen-bond donors (Lipinski definition) is 0. The van der Waals surface area contributed by atoms with E-state index in [2.05, 4.69) is 0 Å². The number of ether oxygens (including phenoxy) is 1. The number of benzene rings is 2. The van der Waals surface area contributed by atoms with E-state index in [1.165, 1.54) is 9.80 Å². The van der Waals surface area contributed by atoms with Crippen LogP contribution in [0.3, 0.4) is 0 Å². The minimum absolute atomic E-state index is 0.306. The maximum absolute atomic E-state index is 13.0. The quantitative estimate of drug-likeness (QED) is 0.710. The summed E-state index contributed by atoms with van der Waals surface area (Å²) in [5.74, 6) is -0.612. The number of carbonyl (C=O) groups excluding carboxylic acids is 3. The molecule has 0 saturated heterocycles. The molecule has 1 aliphatic rings. The zero-order chi connectivity index (χ0) is 21.2. The van der Waals surface area contributed by atoms with Crippen LogP contribution in [-0.2, 0) is 4.74 Å². The molecule has 1 atom stereocenters. The Bertz CT molecular complexity index is 883. The van der Waals surface area contributed by atoms with Crippen LogP contribution in [0.2, 0.25) is 0 Å². The van der Waals surface area contributed by atoms with Gasteiger partial charge in [0.25, 0.3) is 11.8 Å². The highest BCUT2D eigenvalue weighted by Crippen LogP contribution is 2.33. The molecule has 2 aromatic carbocycles. The van der Waals surface area contributed by atoms with Crippen molar-refractivity contribution in [3.05, 3.63) is 71.3 Å². The van der Waals surface area contributed by atoms with Crippen molar-refractivity contribution in [2.45, 2.75) is 38.8 Å². The van der Waals surface area contributed by atoms with Gasteiger partial charge in [0.2, 0.25) is 0 Å². The van der Waals surface area contributed by atoms with Gasteiger partial charge in [0, 0.05) is 13.6 Å². The Kier molecular flexibility index (Phi) is 5.73. The first kappa shape index (κ1) is 20.6. The molecule has 152 valence electrons. The van der Waals surface area contributed by atoms with E-state index < -0.39 is 17.7 Å². The second-order valence-corrected chi connectivity index (χ2v) is 8.14. The standard InChI is InChI=1S/C23H26N2O4/c1-23(2,3)29-22(28)24(4)15-14-19(16-10-6-5-7-11-16)25-20(26)17-12-8-9-13-18(17)21(25)27/h5-13,19H,14-15H2,1-4H3. The van der Waals surface area contributed by atoms with E-state index in [0.717, 1.165) is 5.56 Å². The van der Waals surface area contributed by atoms with Gasteiger partial charge in [0.15, 0.2) is 0 Å². The molecular weight excluding hydrogens is 368 g/mol. The van der Waals surface area contributed by atoms with Crippen LogP contribution in [0, 0.1) is 0 Å². The summed E-state index contributed by atoms with van der Waals surface area (Å²) in [6.45, 7) is 5.76. The summed E-state index contributed by atoms with van der Waals surface area (Å²) in [5.41, 5.74) is 1.09. The summed E-state index contributed by atoms with van der Waals surface area (Å²) in [6.07, 6.45) is -0.0303. The SMILES string of the molecule is CN(CCC(c1ccccc1)N1C(=O)c2ccccc2C1=O)C(=O)OC(C)(C)C. The lowest BCUT2D eigenvalue weighted by Crippen LogP contribution is -2.38. The van der Waals surface area contributed by atoms with Crippen LogP contribution >= 0.6 is 0 Å². The molecule has 2 aromatic rings. The fourth-order valence-electron chi connectivity index (χ4n) is 3.36. The van der Waals surface area contributed by atoms with Crippen LogP contribution in [0.25, 0.3) is 0 Å². The molecule has 0 fully saturated rings. The average molecular weight is 394 g/mol. The number of fused-ring (bicyclic) bond motifs is 1. The van der Waals surface area contributed by atoms with E-state index in [4.69, 9.17) is 4.74 Å². The molecule has 3 amide bonds. The van der Waals surface area contributed by atoms with Crippen molar-refractivity contribution in [1.82, 2.24) is 9.80 Å². The largest absolute Gasteiger partial charge is 0.444 e. The van der Waals surface area contributed by atoms with Gasteiger partial charge < -0.3 is 9.64 Å². The summed E-state index contributed by atoms with van der Waals surface area (Å²) >= 11 is 0. The van der Waals surface area contributed by atoms with Crippen molar-refractivity contribution < 1.29 is 19.1 Å². The van der Waals surface area contributed by atoms with Gasteiger partial charge in [-0.3, -0.25) is 14.5 Å². The van der Waals surface area contributed by atoms with Crippen LogP contribution in [0.1, 0.15) is 59.5 Å². The fraction of sp³-hybridized carbons (Fsp3) is 0.348. The van der Waals surface area contributed by atoms with Gasteiger partial charge >= 0.3 is 6.09 Å². The van der Waals surface area contributed by atoms with Crippen molar-refractivity contribution in [3.8, 4) is 0 Å². The number of hydrogen-bond acceptors (Lipinski definition) is 4. The Balaban J connectivity index is 1.83. The molecule has 6 nitrogen and oxygen atoms in total. The molecule has 1 unspecified atom stereocenters. The monoisotopic (exact) mass is 394 g/mol. The van der Waals surface area contributed by atoms with E-state index >= 15 is 0 Å². The van der Waals surface area contributed by atoms with Gasteiger partial charge in [-0.2, -0.15) is 0 Å². The number of imide groups is 1. The Morgan fingerprint density at radius 1 is 0.966 bits per heavy atom.